The number of aryl methyl sites for hydroxylation is 1. The number of piperazine rings is 1. The van der Waals surface area contributed by atoms with E-state index in [4.69, 9.17) is 4.74 Å². The standard InChI is InChI=1S/C34H58N4O4/c1-6-8-9-10-11-12-13-14-18-31(35-32(39)42-34(3,4)5)38(33(40)41)30-17-15-16-27-19-20-28(26-29(27)30)37-24-22-36(21-7-2)23-25-37/h19-20,26,30-31H,6-18,21-25H2,1-5H3,(H,35,39)(H,40,41). The summed E-state index contributed by atoms with van der Waals surface area (Å²) >= 11 is 0. The van der Waals surface area contributed by atoms with Gasteiger partial charge in [-0.3, -0.25) is 9.80 Å². The van der Waals surface area contributed by atoms with Gasteiger partial charge in [0, 0.05) is 31.9 Å². The van der Waals surface area contributed by atoms with E-state index in [0.29, 0.717) is 6.42 Å². The molecule has 0 bridgehead atoms. The highest BCUT2D eigenvalue weighted by Crippen LogP contribution is 2.38. The Kier molecular flexibility index (Phi) is 13.7. The van der Waals surface area contributed by atoms with Gasteiger partial charge in [-0.1, -0.05) is 64.9 Å². The van der Waals surface area contributed by atoms with Crippen LogP contribution in [-0.4, -0.2) is 71.6 Å². The van der Waals surface area contributed by atoms with Crippen LogP contribution >= 0.6 is 0 Å². The van der Waals surface area contributed by atoms with E-state index in [9.17, 15) is 14.7 Å². The van der Waals surface area contributed by atoms with E-state index in [1.807, 2.05) is 20.8 Å². The number of nitrogens with one attached hydrogen (secondary N) is 1. The fourth-order valence-corrected chi connectivity index (χ4v) is 6.47. The van der Waals surface area contributed by atoms with Crippen LogP contribution in [-0.2, 0) is 11.2 Å². The first kappa shape index (κ1) is 34.0. The number of benzene rings is 1. The predicted molar refractivity (Wildman–Crippen MR) is 171 cm³/mol. The number of carbonyl (C=O) groups is 2. The van der Waals surface area contributed by atoms with Crippen molar-refractivity contribution in [2.24, 2.45) is 0 Å². The molecule has 0 radical (unpaired) electrons. The number of carboxylic acid groups (broad SMARTS) is 1. The van der Waals surface area contributed by atoms with Gasteiger partial charge < -0.3 is 20.1 Å². The number of fused-ring (bicyclic) bond motifs is 1. The molecule has 2 unspecified atom stereocenters. The van der Waals surface area contributed by atoms with Crippen LogP contribution in [0.3, 0.4) is 0 Å². The molecule has 2 N–H and O–H groups in total. The highest BCUT2D eigenvalue weighted by molar-refractivity contribution is 5.71. The fraction of sp³-hybridized carbons (Fsp3) is 0.765. The average molecular weight is 587 g/mol. The minimum atomic E-state index is -0.993. The van der Waals surface area contributed by atoms with Gasteiger partial charge >= 0.3 is 12.2 Å². The number of unbranched alkanes of at least 4 members (excludes halogenated alkanes) is 7. The maximum absolute atomic E-state index is 13.0. The molecule has 0 aromatic heterocycles. The van der Waals surface area contributed by atoms with Gasteiger partial charge in [-0.2, -0.15) is 0 Å². The summed E-state index contributed by atoms with van der Waals surface area (Å²) < 4.78 is 5.58. The Morgan fingerprint density at radius 2 is 1.67 bits per heavy atom. The summed E-state index contributed by atoms with van der Waals surface area (Å²) in [5.74, 6) is 0. The molecule has 1 saturated heterocycles. The van der Waals surface area contributed by atoms with Crippen molar-refractivity contribution in [3.63, 3.8) is 0 Å². The van der Waals surface area contributed by atoms with Crippen molar-refractivity contribution in [1.82, 2.24) is 15.1 Å². The smallest absolute Gasteiger partial charge is 0.409 e. The predicted octanol–water partition coefficient (Wildman–Crippen LogP) is 7.96. The molecule has 0 spiro atoms. The SMILES string of the molecule is CCCCCCCCCCC(NC(=O)OC(C)(C)C)N(C(=O)O)C1CCCc2ccc(N3CCN(CCC)CC3)cc21. The fourth-order valence-electron chi connectivity index (χ4n) is 6.47. The highest BCUT2D eigenvalue weighted by Gasteiger charge is 2.36. The monoisotopic (exact) mass is 586 g/mol. The molecule has 1 aliphatic carbocycles. The van der Waals surface area contributed by atoms with Gasteiger partial charge in [0.2, 0.25) is 0 Å². The van der Waals surface area contributed by atoms with E-state index in [-0.39, 0.29) is 6.04 Å². The largest absolute Gasteiger partial charge is 0.465 e. The van der Waals surface area contributed by atoms with Crippen LogP contribution in [0.1, 0.15) is 129 Å². The summed E-state index contributed by atoms with van der Waals surface area (Å²) in [6.45, 7) is 15.1. The normalized spacial score (nSPS) is 18.3. The molecule has 1 heterocycles. The second-order valence-corrected chi connectivity index (χ2v) is 13.2. The highest BCUT2D eigenvalue weighted by atomic mass is 16.6. The van der Waals surface area contributed by atoms with Gasteiger partial charge in [-0.05, 0) is 89.1 Å². The molecule has 8 heteroatoms. The summed E-state index contributed by atoms with van der Waals surface area (Å²) in [6.07, 6.45) is 11.5. The zero-order chi connectivity index (χ0) is 30.5. The summed E-state index contributed by atoms with van der Waals surface area (Å²) in [4.78, 5) is 32.4. The van der Waals surface area contributed by atoms with E-state index >= 15 is 0 Å². The zero-order valence-electron chi connectivity index (χ0n) is 27.1. The van der Waals surface area contributed by atoms with Gasteiger partial charge in [0.1, 0.15) is 11.8 Å². The van der Waals surface area contributed by atoms with Crippen molar-refractivity contribution in [1.29, 1.82) is 0 Å². The first-order chi connectivity index (χ1) is 20.1. The minimum absolute atomic E-state index is 0.304. The maximum Gasteiger partial charge on any atom is 0.409 e. The van der Waals surface area contributed by atoms with Gasteiger partial charge in [0.15, 0.2) is 0 Å². The van der Waals surface area contributed by atoms with E-state index in [0.717, 1.165) is 76.8 Å². The molecule has 1 aromatic carbocycles. The zero-order valence-corrected chi connectivity index (χ0v) is 27.1. The lowest BCUT2D eigenvalue weighted by Gasteiger charge is -2.40. The number of anilines is 1. The number of alkyl carbamates (subject to hydrolysis) is 1. The second kappa shape index (κ2) is 17.0. The summed E-state index contributed by atoms with van der Waals surface area (Å²) in [5, 5.41) is 13.6. The Hall–Kier alpha value is -2.48. The van der Waals surface area contributed by atoms with Gasteiger partial charge in [-0.15, -0.1) is 0 Å². The molecule has 8 nitrogen and oxygen atoms in total. The Balaban J connectivity index is 1.78. The molecule has 3 rings (SSSR count). The van der Waals surface area contributed by atoms with Crippen LogP contribution in [0.5, 0.6) is 0 Å². The topological polar surface area (TPSA) is 85.3 Å². The van der Waals surface area contributed by atoms with Crippen molar-refractivity contribution >= 4 is 17.9 Å². The maximum atomic E-state index is 13.0. The molecule has 0 saturated carbocycles. The van der Waals surface area contributed by atoms with Crippen LogP contribution in [0.4, 0.5) is 15.3 Å². The first-order valence-corrected chi connectivity index (χ1v) is 16.7. The third kappa shape index (κ3) is 10.7. The Morgan fingerprint density at radius 3 is 2.29 bits per heavy atom. The van der Waals surface area contributed by atoms with Gasteiger partial charge in [0.05, 0.1) is 6.04 Å². The second-order valence-electron chi connectivity index (χ2n) is 13.2. The molecule has 1 aromatic rings. The Morgan fingerprint density at radius 1 is 1.00 bits per heavy atom. The van der Waals surface area contributed by atoms with Crippen molar-refractivity contribution < 1.29 is 19.4 Å². The molecule has 2 amide bonds. The van der Waals surface area contributed by atoms with Gasteiger partial charge in [0.25, 0.3) is 0 Å². The molecule has 1 fully saturated rings. The van der Waals surface area contributed by atoms with Crippen LogP contribution in [0.15, 0.2) is 18.2 Å². The number of hydrogen-bond donors (Lipinski definition) is 2. The van der Waals surface area contributed by atoms with Crippen LogP contribution in [0.2, 0.25) is 0 Å². The van der Waals surface area contributed by atoms with Crippen molar-refractivity contribution in [3.8, 4) is 0 Å². The number of hydrogen-bond acceptors (Lipinski definition) is 5. The quantitative estimate of drug-likeness (QED) is 0.160. The van der Waals surface area contributed by atoms with E-state index < -0.39 is 24.0 Å². The Labute approximate surface area is 255 Å². The first-order valence-electron chi connectivity index (χ1n) is 16.7. The molecule has 42 heavy (non-hydrogen) atoms. The molecule has 2 aliphatic rings. The van der Waals surface area contributed by atoms with Crippen molar-refractivity contribution in [2.75, 3.05) is 37.6 Å². The average Bonchev–Trinajstić information content (AvgIpc) is 2.93. The summed E-state index contributed by atoms with van der Waals surface area (Å²) in [6, 6.07) is 6.33. The molecule has 2 atom stereocenters. The van der Waals surface area contributed by atoms with Crippen molar-refractivity contribution in [3.05, 3.63) is 29.3 Å². The Bertz CT molecular complexity index is 971. The lowest BCUT2D eigenvalue weighted by atomic mass is 9.86. The van der Waals surface area contributed by atoms with Crippen LogP contribution in [0.25, 0.3) is 0 Å². The summed E-state index contributed by atoms with van der Waals surface area (Å²) in [5.41, 5.74) is 2.81. The number of ether oxygens (including phenoxy) is 1. The van der Waals surface area contributed by atoms with E-state index in [1.54, 1.807) is 0 Å². The van der Waals surface area contributed by atoms with Gasteiger partial charge in [-0.25, -0.2) is 9.59 Å². The number of nitrogens with zero attached hydrogens (tertiary/aromatic N) is 3. The lowest BCUT2D eigenvalue weighted by molar-refractivity contribution is 0.0338. The lowest BCUT2D eigenvalue weighted by Crippen LogP contribution is -2.53. The van der Waals surface area contributed by atoms with Crippen molar-refractivity contribution in [2.45, 2.75) is 136 Å². The number of rotatable bonds is 15. The molecular formula is C34H58N4O4. The molecule has 1 aliphatic heterocycles. The molecular weight excluding hydrogens is 528 g/mol. The van der Waals surface area contributed by atoms with Crippen LogP contribution < -0.4 is 10.2 Å². The summed E-state index contributed by atoms with van der Waals surface area (Å²) in [7, 11) is 0. The molecule has 238 valence electrons. The third-order valence-corrected chi connectivity index (χ3v) is 8.60. The third-order valence-electron chi connectivity index (χ3n) is 8.60. The number of carbonyl (C=O) groups excluding carboxylic acids is 1. The van der Waals surface area contributed by atoms with E-state index in [2.05, 4.69) is 47.2 Å². The number of amides is 2. The van der Waals surface area contributed by atoms with E-state index in [1.165, 1.54) is 54.7 Å². The minimum Gasteiger partial charge on any atom is -0.465 e. The van der Waals surface area contributed by atoms with Crippen LogP contribution in [0, 0.1) is 0 Å².